The van der Waals surface area contributed by atoms with Gasteiger partial charge in [-0.25, -0.2) is 15.0 Å². The summed E-state index contributed by atoms with van der Waals surface area (Å²) < 4.78 is 0. The third kappa shape index (κ3) is 5.26. The molecule has 190 valence electrons. The summed E-state index contributed by atoms with van der Waals surface area (Å²) in [5, 5.41) is 25.6. The first kappa shape index (κ1) is 25.0. The molecule has 0 saturated heterocycles. The molecule has 3 atom stereocenters. The number of aromatic nitrogens is 3. The van der Waals surface area contributed by atoms with Gasteiger partial charge in [0.05, 0.1) is 10.8 Å². The molecule has 1 saturated carbocycles. The second-order valence-corrected chi connectivity index (χ2v) is 11.0. The van der Waals surface area contributed by atoms with Crippen LogP contribution < -0.4 is 5.32 Å². The molecule has 2 aromatic heterocycles. The van der Waals surface area contributed by atoms with Gasteiger partial charge in [0.2, 0.25) is 5.95 Å². The minimum Gasteiger partial charge on any atom is -0.481 e. The van der Waals surface area contributed by atoms with Crippen molar-refractivity contribution >= 4 is 28.9 Å². The molecule has 0 bridgehead atoms. The first-order valence-electron chi connectivity index (χ1n) is 12.4. The van der Waals surface area contributed by atoms with Crippen LogP contribution in [0.2, 0.25) is 0 Å². The molecule has 5 rings (SSSR count). The molecule has 0 radical (unpaired) electrons. The third-order valence-corrected chi connectivity index (χ3v) is 8.37. The lowest BCUT2D eigenvalue weighted by Gasteiger charge is -2.39. The van der Waals surface area contributed by atoms with E-state index in [9.17, 15) is 15.0 Å². The van der Waals surface area contributed by atoms with Gasteiger partial charge in [0.25, 0.3) is 0 Å². The lowest BCUT2D eigenvalue weighted by atomic mass is 9.68. The highest BCUT2D eigenvalue weighted by Crippen LogP contribution is 2.49. The van der Waals surface area contributed by atoms with Crippen LogP contribution >= 0.6 is 11.3 Å². The molecule has 1 aliphatic rings. The Balaban J connectivity index is 1.43. The number of aliphatic carboxylic acids is 1. The van der Waals surface area contributed by atoms with E-state index in [4.69, 9.17) is 0 Å². The molecular formula is C29H30N4O3S. The Morgan fingerprint density at radius 1 is 1.11 bits per heavy atom. The van der Waals surface area contributed by atoms with Crippen LogP contribution in [-0.2, 0) is 10.4 Å². The monoisotopic (exact) mass is 514 g/mol. The smallest absolute Gasteiger partial charge is 0.307 e. The quantitative estimate of drug-likeness (QED) is 0.284. The minimum atomic E-state index is -1.18. The Morgan fingerprint density at radius 3 is 2.68 bits per heavy atom. The number of benzene rings is 2. The summed E-state index contributed by atoms with van der Waals surface area (Å²) in [7, 11) is 0. The largest absolute Gasteiger partial charge is 0.481 e. The van der Waals surface area contributed by atoms with Crippen LogP contribution in [0.5, 0.6) is 0 Å². The van der Waals surface area contributed by atoms with Gasteiger partial charge < -0.3 is 15.5 Å². The Labute approximate surface area is 220 Å². The number of carbonyl (C=O) groups is 1. The van der Waals surface area contributed by atoms with Crippen molar-refractivity contribution in [3.05, 3.63) is 88.3 Å². The van der Waals surface area contributed by atoms with Gasteiger partial charge in [0.15, 0.2) is 0 Å². The zero-order valence-electron chi connectivity index (χ0n) is 21.1. The third-order valence-electron chi connectivity index (χ3n) is 7.13. The van der Waals surface area contributed by atoms with E-state index in [0.29, 0.717) is 30.2 Å². The van der Waals surface area contributed by atoms with Crippen LogP contribution in [-0.4, -0.2) is 31.1 Å². The molecule has 2 aromatic carbocycles. The van der Waals surface area contributed by atoms with E-state index in [0.717, 1.165) is 38.5 Å². The molecule has 1 aliphatic carbocycles. The molecule has 0 amide bonds. The fourth-order valence-corrected chi connectivity index (χ4v) is 6.31. The number of aryl methyl sites for hydroxylation is 3. The summed E-state index contributed by atoms with van der Waals surface area (Å²) in [6.07, 6.45) is 4.61. The van der Waals surface area contributed by atoms with E-state index in [1.165, 1.54) is 11.3 Å². The van der Waals surface area contributed by atoms with Crippen LogP contribution in [0.25, 0.3) is 10.4 Å². The number of carboxylic acid groups (broad SMARTS) is 1. The number of aliphatic hydroxyl groups is 1. The molecule has 3 N–H and O–H groups in total. The highest BCUT2D eigenvalue weighted by Gasteiger charge is 2.46. The lowest BCUT2D eigenvalue weighted by Crippen LogP contribution is -2.39. The fourth-order valence-electron chi connectivity index (χ4n) is 5.28. The Hall–Kier alpha value is -3.62. The Bertz CT molecular complexity index is 1450. The van der Waals surface area contributed by atoms with Crippen LogP contribution in [0, 0.1) is 26.7 Å². The van der Waals surface area contributed by atoms with E-state index >= 15 is 0 Å². The minimum absolute atomic E-state index is 0.283. The topological polar surface area (TPSA) is 108 Å². The number of hydrogen-bond donors (Lipinski definition) is 3. The van der Waals surface area contributed by atoms with E-state index < -0.39 is 17.5 Å². The van der Waals surface area contributed by atoms with Gasteiger partial charge in [0, 0.05) is 29.7 Å². The maximum Gasteiger partial charge on any atom is 0.307 e. The van der Waals surface area contributed by atoms with E-state index in [-0.39, 0.29) is 5.92 Å². The van der Waals surface area contributed by atoms with Crippen LogP contribution in [0.1, 0.15) is 52.6 Å². The number of rotatable bonds is 6. The van der Waals surface area contributed by atoms with Gasteiger partial charge in [-0.1, -0.05) is 30.3 Å². The molecular weight excluding hydrogens is 484 g/mol. The Morgan fingerprint density at radius 2 is 1.92 bits per heavy atom. The number of nitrogens with one attached hydrogen (secondary N) is 1. The van der Waals surface area contributed by atoms with Crippen molar-refractivity contribution in [3.8, 4) is 10.4 Å². The normalized spacial score (nSPS) is 21.5. The van der Waals surface area contributed by atoms with E-state index in [1.807, 2.05) is 63.2 Å². The summed E-state index contributed by atoms with van der Waals surface area (Å²) >= 11 is 1.46. The van der Waals surface area contributed by atoms with E-state index in [2.05, 4.69) is 26.3 Å². The van der Waals surface area contributed by atoms with Gasteiger partial charge >= 0.3 is 5.97 Å². The number of thiazole rings is 1. The summed E-state index contributed by atoms with van der Waals surface area (Å²) in [5.74, 6) is -1.09. The maximum atomic E-state index is 12.1. The van der Waals surface area contributed by atoms with Crippen LogP contribution in [0.15, 0.2) is 60.9 Å². The number of anilines is 2. The van der Waals surface area contributed by atoms with Crippen molar-refractivity contribution in [2.75, 3.05) is 5.32 Å². The number of hydrogen-bond acceptors (Lipinski definition) is 7. The van der Waals surface area contributed by atoms with Gasteiger partial charge in [0.1, 0.15) is 10.6 Å². The van der Waals surface area contributed by atoms with Crippen molar-refractivity contribution in [1.82, 2.24) is 15.0 Å². The predicted molar refractivity (Wildman–Crippen MR) is 145 cm³/mol. The lowest BCUT2D eigenvalue weighted by molar-refractivity contribution is -0.146. The first-order chi connectivity index (χ1) is 17.7. The molecule has 8 heteroatoms. The molecule has 7 nitrogen and oxygen atoms in total. The zero-order chi connectivity index (χ0) is 26.2. The molecule has 37 heavy (non-hydrogen) atoms. The molecule has 0 spiro atoms. The van der Waals surface area contributed by atoms with Crippen molar-refractivity contribution in [2.24, 2.45) is 5.92 Å². The van der Waals surface area contributed by atoms with Gasteiger partial charge in [-0.05, 0) is 80.5 Å². The predicted octanol–water partition coefficient (Wildman–Crippen LogP) is 6.13. The summed E-state index contributed by atoms with van der Waals surface area (Å²) in [6.45, 7) is 5.95. The Kier molecular flexibility index (Phi) is 6.79. The molecule has 4 aromatic rings. The second-order valence-electron chi connectivity index (χ2n) is 9.95. The number of nitrogens with zero attached hydrogens (tertiary/aromatic N) is 3. The maximum absolute atomic E-state index is 12.1. The second kappa shape index (κ2) is 10.0. The van der Waals surface area contributed by atoms with Crippen molar-refractivity contribution in [1.29, 1.82) is 0 Å². The van der Waals surface area contributed by atoms with Crippen molar-refractivity contribution in [3.63, 3.8) is 0 Å². The molecule has 1 fully saturated rings. The van der Waals surface area contributed by atoms with Crippen LogP contribution in [0.4, 0.5) is 11.6 Å². The SMILES string of the molecule is Cc1cc(Nc2nccc(C)n2)cc(-c2cnc(C3(O)CC[C@H](C(=O)O)[C@@H](c4ccccc4C)C3)s2)c1. The highest BCUT2D eigenvalue weighted by molar-refractivity contribution is 7.15. The zero-order valence-corrected chi connectivity index (χ0v) is 21.9. The summed E-state index contributed by atoms with van der Waals surface area (Å²) in [4.78, 5) is 26.4. The average Bonchev–Trinajstić information content (AvgIpc) is 3.35. The van der Waals surface area contributed by atoms with Gasteiger partial charge in [-0.3, -0.25) is 4.79 Å². The fraction of sp³-hybridized carbons (Fsp3) is 0.310. The summed E-state index contributed by atoms with van der Waals surface area (Å²) in [6, 6.07) is 15.9. The average molecular weight is 515 g/mol. The number of carboxylic acids is 1. The molecule has 0 aliphatic heterocycles. The standard InChI is InChI=1S/C29H30N4O3S/c1-17-12-20(14-21(13-17)33-28-30-11-9-19(3)32-28)25-16-31-27(37-25)29(36)10-8-23(26(34)35)24(15-29)22-7-5-4-6-18(22)2/h4-7,9,11-14,16,23-24,36H,8,10,15H2,1-3H3,(H,34,35)(H,30,32,33)/t23-,24+,29?/m0/s1. The highest BCUT2D eigenvalue weighted by atomic mass is 32.1. The van der Waals surface area contributed by atoms with Crippen molar-refractivity contribution < 1.29 is 15.0 Å². The van der Waals surface area contributed by atoms with E-state index in [1.54, 1.807) is 12.4 Å². The van der Waals surface area contributed by atoms with Crippen molar-refractivity contribution in [2.45, 2.75) is 51.6 Å². The van der Waals surface area contributed by atoms with Crippen LogP contribution in [0.3, 0.4) is 0 Å². The first-order valence-corrected chi connectivity index (χ1v) is 13.2. The molecule has 2 heterocycles. The summed E-state index contributed by atoms with van der Waals surface area (Å²) in [5.41, 5.74) is 4.66. The molecule has 1 unspecified atom stereocenters. The van der Waals surface area contributed by atoms with Gasteiger partial charge in [-0.2, -0.15) is 0 Å². The van der Waals surface area contributed by atoms with Gasteiger partial charge in [-0.15, -0.1) is 11.3 Å².